The summed E-state index contributed by atoms with van der Waals surface area (Å²) in [6.45, 7) is 4.14. The van der Waals surface area contributed by atoms with Gasteiger partial charge >= 0.3 is 0 Å². The molecular weight excluding hydrogens is 286 g/mol. The zero-order valence-corrected chi connectivity index (χ0v) is 12.6. The van der Waals surface area contributed by atoms with E-state index in [-0.39, 0.29) is 11.8 Å². The molecule has 0 aromatic heterocycles. The minimum absolute atomic E-state index is 0.174. The van der Waals surface area contributed by atoms with Crippen molar-refractivity contribution in [3.8, 4) is 11.5 Å². The highest BCUT2D eigenvalue weighted by molar-refractivity contribution is 6.29. The Hall–Kier alpha value is -1.97. The minimum Gasteiger partial charge on any atom is -0.507 e. The highest BCUT2D eigenvalue weighted by Gasteiger charge is 2.17. The standard InChI is InChI=1S/C17H18ClNO2/c1-12(18)11-19-17(13-6-4-3-5-7-13)15-9-8-14(21-2)10-16(15)20/h3-10,17,19-20H,1,11H2,2H3. The van der Waals surface area contributed by atoms with Gasteiger partial charge in [0.15, 0.2) is 0 Å². The molecule has 0 aliphatic heterocycles. The molecule has 0 heterocycles. The molecule has 1 unspecified atom stereocenters. The molecule has 0 fully saturated rings. The zero-order chi connectivity index (χ0) is 15.2. The number of nitrogens with one attached hydrogen (secondary N) is 1. The van der Waals surface area contributed by atoms with Crippen LogP contribution in [0.1, 0.15) is 17.2 Å². The number of halogens is 1. The Bertz CT molecular complexity index is 613. The highest BCUT2D eigenvalue weighted by Crippen LogP contribution is 2.32. The summed E-state index contributed by atoms with van der Waals surface area (Å²) in [7, 11) is 1.57. The first kappa shape index (κ1) is 15.4. The fourth-order valence-electron chi connectivity index (χ4n) is 2.16. The third-order valence-electron chi connectivity index (χ3n) is 3.18. The van der Waals surface area contributed by atoms with Gasteiger partial charge in [0.25, 0.3) is 0 Å². The topological polar surface area (TPSA) is 41.5 Å². The van der Waals surface area contributed by atoms with E-state index in [9.17, 15) is 5.11 Å². The number of ether oxygens (including phenoxy) is 1. The highest BCUT2D eigenvalue weighted by atomic mass is 35.5. The number of hydrogen-bond acceptors (Lipinski definition) is 3. The smallest absolute Gasteiger partial charge is 0.124 e. The number of phenolic OH excluding ortho intramolecular Hbond substituents is 1. The SMILES string of the molecule is C=C(Cl)CNC(c1ccccc1)c1ccc(OC)cc1O. The molecule has 0 spiro atoms. The molecule has 0 aliphatic rings. The van der Waals surface area contributed by atoms with Crippen LogP contribution in [0.15, 0.2) is 60.1 Å². The van der Waals surface area contributed by atoms with Gasteiger partial charge in [-0.2, -0.15) is 0 Å². The third-order valence-corrected chi connectivity index (χ3v) is 3.31. The quantitative estimate of drug-likeness (QED) is 0.852. The molecule has 21 heavy (non-hydrogen) atoms. The fraction of sp³-hybridized carbons (Fsp3) is 0.176. The van der Waals surface area contributed by atoms with Gasteiger partial charge in [0.1, 0.15) is 11.5 Å². The lowest BCUT2D eigenvalue weighted by Crippen LogP contribution is -2.23. The maximum absolute atomic E-state index is 10.2. The van der Waals surface area contributed by atoms with Crippen molar-refractivity contribution in [2.24, 2.45) is 0 Å². The van der Waals surface area contributed by atoms with E-state index < -0.39 is 0 Å². The van der Waals surface area contributed by atoms with E-state index in [0.717, 1.165) is 11.1 Å². The fourth-order valence-corrected chi connectivity index (χ4v) is 2.24. The van der Waals surface area contributed by atoms with Crippen LogP contribution in [0.4, 0.5) is 0 Å². The minimum atomic E-state index is -0.174. The van der Waals surface area contributed by atoms with Crippen molar-refractivity contribution in [2.45, 2.75) is 6.04 Å². The lowest BCUT2D eigenvalue weighted by atomic mass is 9.97. The Morgan fingerprint density at radius 1 is 1.29 bits per heavy atom. The van der Waals surface area contributed by atoms with E-state index in [1.54, 1.807) is 13.2 Å². The number of rotatable bonds is 6. The van der Waals surface area contributed by atoms with E-state index in [1.165, 1.54) is 0 Å². The summed E-state index contributed by atoms with van der Waals surface area (Å²) < 4.78 is 5.12. The largest absolute Gasteiger partial charge is 0.507 e. The van der Waals surface area contributed by atoms with Crippen molar-refractivity contribution >= 4 is 11.6 Å². The molecule has 3 nitrogen and oxygen atoms in total. The van der Waals surface area contributed by atoms with Gasteiger partial charge in [-0.25, -0.2) is 0 Å². The Balaban J connectivity index is 2.37. The predicted octanol–water partition coefficient (Wildman–Crippen LogP) is 3.83. The number of aromatic hydroxyl groups is 1. The lowest BCUT2D eigenvalue weighted by Gasteiger charge is -2.21. The second kappa shape index (κ2) is 7.16. The molecule has 2 rings (SSSR count). The van der Waals surface area contributed by atoms with Gasteiger partial charge in [-0.05, 0) is 17.7 Å². The van der Waals surface area contributed by atoms with Gasteiger partial charge in [0.2, 0.25) is 0 Å². The molecule has 0 amide bonds. The maximum atomic E-state index is 10.2. The van der Waals surface area contributed by atoms with Crippen molar-refractivity contribution in [2.75, 3.05) is 13.7 Å². The van der Waals surface area contributed by atoms with Crippen LogP contribution in [0, 0.1) is 0 Å². The number of methoxy groups -OCH3 is 1. The van der Waals surface area contributed by atoms with Crippen molar-refractivity contribution in [1.29, 1.82) is 0 Å². The van der Waals surface area contributed by atoms with Gasteiger partial charge in [-0.15, -0.1) is 0 Å². The number of phenols is 1. The Kier molecular flexibility index (Phi) is 5.26. The number of hydrogen-bond donors (Lipinski definition) is 2. The van der Waals surface area contributed by atoms with E-state index in [1.807, 2.05) is 42.5 Å². The average molecular weight is 304 g/mol. The van der Waals surface area contributed by atoms with Gasteiger partial charge in [0, 0.05) is 23.2 Å². The monoisotopic (exact) mass is 303 g/mol. The van der Waals surface area contributed by atoms with E-state index >= 15 is 0 Å². The second-order valence-electron chi connectivity index (χ2n) is 4.67. The molecule has 2 aromatic carbocycles. The molecule has 0 bridgehead atoms. The van der Waals surface area contributed by atoms with Crippen molar-refractivity contribution in [1.82, 2.24) is 5.32 Å². The molecule has 0 radical (unpaired) electrons. The first-order valence-corrected chi connectivity index (χ1v) is 6.98. The van der Waals surface area contributed by atoms with Gasteiger partial charge in [-0.1, -0.05) is 48.5 Å². The normalized spacial score (nSPS) is 11.9. The summed E-state index contributed by atoms with van der Waals surface area (Å²) in [4.78, 5) is 0. The van der Waals surface area contributed by atoms with Gasteiger partial charge in [-0.3, -0.25) is 0 Å². The van der Waals surface area contributed by atoms with Crippen LogP contribution in [0.2, 0.25) is 0 Å². The molecule has 1 atom stereocenters. The van der Waals surface area contributed by atoms with E-state index in [4.69, 9.17) is 16.3 Å². The molecule has 0 saturated heterocycles. The van der Waals surface area contributed by atoms with Crippen LogP contribution in [-0.4, -0.2) is 18.8 Å². The van der Waals surface area contributed by atoms with Crippen molar-refractivity contribution < 1.29 is 9.84 Å². The summed E-state index contributed by atoms with van der Waals surface area (Å²) in [5.74, 6) is 0.792. The molecule has 0 saturated carbocycles. The lowest BCUT2D eigenvalue weighted by molar-refractivity contribution is 0.405. The maximum Gasteiger partial charge on any atom is 0.124 e. The zero-order valence-electron chi connectivity index (χ0n) is 11.8. The average Bonchev–Trinajstić information content (AvgIpc) is 2.49. The summed E-state index contributed by atoms with van der Waals surface area (Å²) in [6.07, 6.45) is 0. The van der Waals surface area contributed by atoms with E-state index in [2.05, 4.69) is 11.9 Å². The predicted molar refractivity (Wildman–Crippen MR) is 85.9 cm³/mol. The summed E-state index contributed by atoms with van der Waals surface area (Å²) in [5.41, 5.74) is 1.80. The molecule has 2 N–H and O–H groups in total. The molecular formula is C17H18ClNO2. The van der Waals surface area contributed by atoms with Crippen molar-refractivity contribution in [3.63, 3.8) is 0 Å². The van der Waals surface area contributed by atoms with Crippen molar-refractivity contribution in [3.05, 3.63) is 71.3 Å². The van der Waals surface area contributed by atoms with E-state index in [0.29, 0.717) is 17.3 Å². The van der Waals surface area contributed by atoms with Crippen LogP contribution in [0.5, 0.6) is 11.5 Å². The van der Waals surface area contributed by atoms with Crippen LogP contribution in [-0.2, 0) is 0 Å². The Labute approximate surface area is 129 Å². The molecule has 0 aliphatic carbocycles. The first-order valence-electron chi connectivity index (χ1n) is 6.60. The third kappa shape index (κ3) is 4.00. The number of benzene rings is 2. The summed E-state index contributed by atoms with van der Waals surface area (Å²) in [5, 5.41) is 14.1. The van der Waals surface area contributed by atoms with Crippen LogP contribution < -0.4 is 10.1 Å². The second-order valence-corrected chi connectivity index (χ2v) is 5.20. The Morgan fingerprint density at radius 2 is 2.00 bits per heavy atom. The van der Waals surface area contributed by atoms with Gasteiger partial charge < -0.3 is 15.2 Å². The Morgan fingerprint density at radius 3 is 2.57 bits per heavy atom. The van der Waals surface area contributed by atoms with Crippen LogP contribution >= 0.6 is 11.6 Å². The molecule has 2 aromatic rings. The van der Waals surface area contributed by atoms with Gasteiger partial charge in [0.05, 0.1) is 13.2 Å². The first-order chi connectivity index (χ1) is 10.1. The summed E-state index contributed by atoms with van der Waals surface area (Å²) >= 11 is 5.84. The van der Waals surface area contributed by atoms with Crippen LogP contribution in [0.25, 0.3) is 0 Å². The van der Waals surface area contributed by atoms with Crippen LogP contribution in [0.3, 0.4) is 0 Å². The molecule has 110 valence electrons. The summed E-state index contributed by atoms with van der Waals surface area (Å²) in [6, 6.07) is 15.0. The molecule has 4 heteroatoms.